The smallest absolute Gasteiger partial charge is 0.191 e. The average molecular weight is 268 g/mol. The third-order valence-corrected chi connectivity index (χ3v) is 5.27. The summed E-state index contributed by atoms with van der Waals surface area (Å²) in [6.45, 7) is 5.55. The molecule has 1 aliphatic rings. The Morgan fingerprint density at radius 2 is 2.28 bits per heavy atom. The Balaban J connectivity index is 2.02. The third-order valence-electron chi connectivity index (χ3n) is 3.87. The van der Waals surface area contributed by atoms with E-state index in [-0.39, 0.29) is 0 Å². The molecule has 1 saturated carbocycles. The van der Waals surface area contributed by atoms with Gasteiger partial charge in [-0.3, -0.25) is 0 Å². The first kappa shape index (κ1) is 13.9. The van der Waals surface area contributed by atoms with Gasteiger partial charge in [-0.25, -0.2) is 0 Å². The molecule has 1 aromatic heterocycles. The van der Waals surface area contributed by atoms with Crippen molar-refractivity contribution < 1.29 is 0 Å². The van der Waals surface area contributed by atoms with Crippen LogP contribution in [0.15, 0.2) is 11.5 Å². The lowest BCUT2D eigenvalue weighted by molar-refractivity contribution is 0.297. The second kappa shape index (κ2) is 6.57. The van der Waals surface area contributed by atoms with Crippen LogP contribution >= 0.6 is 11.8 Å². The minimum absolute atomic E-state index is 0.625. The van der Waals surface area contributed by atoms with Gasteiger partial charge < -0.3 is 9.88 Å². The van der Waals surface area contributed by atoms with Gasteiger partial charge in [0, 0.05) is 18.3 Å². The van der Waals surface area contributed by atoms with Crippen LogP contribution in [0.25, 0.3) is 0 Å². The largest absolute Gasteiger partial charge is 0.313 e. The molecule has 102 valence electrons. The van der Waals surface area contributed by atoms with Crippen molar-refractivity contribution >= 4 is 11.8 Å². The van der Waals surface area contributed by atoms with E-state index in [1.54, 1.807) is 6.33 Å². The molecule has 5 heteroatoms. The van der Waals surface area contributed by atoms with Crippen LogP contribution in [-0.4, -0.2) is 32.6 Å². The van der Waals surface area contributed by atoms with Gasteiger partial charge in [-0.2, -0.15) is 0 Å². The van der Waals surface area contributed by atoms with Gasteiger partial charge in [0.25, 0.3) is 0 Å². The van der Waals surface area contributed by atoms with Crippen molar-refractivity contribution in [1.82, 2.24) is 20.1 Å². The van der Waals surface area contributed by atoms with E-state index in [0.717, 1.165) is 17.6 Å². The van der Waals surface area contributed by atoms with E-state index in [9.17, 15) is 0 Å². The molecule has 3 atom stereocenters. The molecule has 1 heterocycles. The highest BCUT2D eigenvalue weighted by molar-refractivity contribution is 7.99. The van der Waals surface area contributed by atoms with E-state index in [2.05, 4.69) is 29.4 Å². The summed E-state index contributed by atoms with van der Waals surface area (Å²) in [4.78, 5) is 0. The summed E-state index contributed by atoms with van der Waals surface area (Å²) in [5.74, 6) is 0.880. The van der Waals surface area contributed by atoms with Gasteiger partial charge >= 0.3 is 0 Å². The molecule has 0 spiro atoms. The SMILES string of the molecule is CCNC1CCC(CC)CC1Sc1nncn1C. The molecule has 0 saturated heterocycles. The molecular weight excluding hydrogens is 244 g/mol. The van der Waals surface area contributed by atoms with Crippen LogP contribution in [0.2, 0.25) is 0 Å². The van der Waals surface area contributed by atoms with Crippen molar-refractivity contribution in [1.29, 1.82) is 0 Å². The predicted molar refractivity (Wildman–Crippen MR) is 75.7 cm³/mol. The Kier molecular flexibility index (Phi) is 5.06. The van der Waals surface area contributed by atoms with Crippen LogP contribution in [0, 0.1) is 5.92 Å². The summed E-state index contributed by atoms with van der Waals surface area (Å²) in [7, 11) is 2.02. The predicted octanol–water partition coefficient (Wildman–Crippen LogP) is 2.46. The number of hydrogen-bond donors (Lipinski definition) is 1. The molecule has 1 aliphatic carbocycles. The van der Waals surface area contributed by atoms with Gasteiger partial charge in [-0.15, -0.1) is 10.2 Å². The van der Waals surface area contributed by atoms with Crippen molar-refractivity contribution in [3.05, 3.63) is 6.33 Å². The standard InChI is InChI=1S/C13H24N4S/c1-4-10-6-7-11(14-5-2)12(8-10)18-13-16-15-9-17(13)3/h9-12,14H,4-8H2,1-3H3. The lowest BCUT2D eigenvalue weighted by Gasteiger charge is -2.35. The van der Waals surface area contributed by atoms with Gasteiger partial charge in [0.15, 0.2) is 5.16 Å². The highest BCUT2D eigenvalue weighted by atomic mass is 32.2. The fourth-order valence-electron chi connectivity index (χ4n) is 2.72. The summed E-state index contributed by atoms with van der Waals surface area (Å²) >= 11 is 1.89. The minimum Gasteiger partial charge on any atom is -0.313 e. The molecule has 1 N–H and O–H groups in total. The topological polar surface area (TPSA) is 42.7 Å². The van der Waals surface area contributed by atoms with Crippen molar-refractivity contribution in [2.75, 3.05) is 6.54 Å². The van der Waals surface area contributed by atoms with Crippen molar-refractivity contribution in [3.63, 3.8) is 0 Å². The summed E-state index contributed by atoms with van der Waals surface area (Å²) in [6.07, 6.45) is 7.04. The van der Waals surface area contributed by atoms with Crippen LogP contribution in [0.4, 0.5) is 0 Å². The first-order valence-electron chi connectivity index (χ1n) is 6.98. The number of aromatic nitrogens is 3. The van der Waals surface area contributed by atoms with E-state index in [0.29, 0.717) is 11.3 Å². The van der Waals surface area contributed by atoms with Crippen LogP contribution in [0.3, 0.4) is 0 Å². The number of rotatable bonds is 5. The van der Waals surface area contributed by atoms with E-state index in [1.807, 2.05) is 23.4 Å². The third kappa shape index (κ3) is 3.26. The molecule has 0 bridgehead atoms. The van der Waals surface area contributed by atoms with Gasteiger partial charge in [-0.1, -0.05) is 32.0 Å². The number of nitrogens with one attached hydrogen (secondary N) is 1. The van der Waals surface area contributed by atoms with E-state index < -0.39 is 0 Å². The molecule has 0 aromatic carbocycles. The second-order valence-corrected chi connectivity index (χ2v) is 6.34. The summed E-state index contributed by atoms with van der Waals surface area (Å²) in [5.41, 5.74) is 0. The molecule has 0 amide bonds. The van der Waals surface area contributed by atoms with Gasteiger partial charge in [0.1, 0.15) is 6.33 Å². The van der Waals surface area contributed by atoms with Crippen LogP contribution < -0.4 is 5.32 Å². The van der Waals surface area contributed by atoms with Crippen LogP contribution in [0.5, 0.6) is 0 Å². The Bertz CT molecular complexity index is 366. The highest BCUT2D eigenvalue weighted by Crippen LogP contribution is 2.36. The molecule has 4 nitrogen and oxygen atoms in total. The molecule has 0 radical (unpaired) electrons. The lowest BCUT2D eigenvalue weighted by atomic mass is 9.84. The zero-order chi connectivity index (χ0) is 13.0. The minimum atomic E-state index is 0.625. The molecule has 1 fully saturated rings. The van der Waals surface area contributed by atoms with Crippen LogP contribution in [-0.2, 0) is 7.05 Å². The molecule has 3 unspecified atom stereocenters. The summed E-state index contributed by atoms with van der Waals surface area (Å²) in [6, 6.07) is 0.625. The van der Waals surface area contributed by atoms with Crippen LogP contribution in [0.1, 0.15) is 39.5 Å². The van der Waals surface area contributed by atoms with E-state index in [1.165, 1.54) is 25.7 Å². The molecule has 2 rings (SSSR count). The first-order valence-corrected chi connectivity index (χ1v) is 7.86. The maximum atomic E-state index is 4.20. The quantitative estimate of drug-likeness (QED) is 0.891. The number of aryl methyl sites for hydroxylation is 1. The van der Waals surface area contributed by atoms with Crippen molar-refractivity contribution in [2.45, 2.75) is 56.0 Å². The Morgan fingerprint density at radius 3 is 2.89 bits per heavy atom. The monoisotopic (exact) mass is 268 g/mol. The van der Waals surface area contributed by atoms with Crippen molar-refractivity contribution in [2.24, 2.45) is 13.0 Å². The number of thioether (sulfide) groups is 1. The number of hydrogen-bond acceptors (Lipinski definition) is 4. The fourth-order valence-corrected chi connectivity index (χ4v) is 4.07. The average Bonchev–Trinajstić information content (AvgIpc) is 2.77. The Hall–Kier alpha value is -0.550. The fraction of sp³-hybridized carbons (Fsp3) is 0.846. The molecule has 1 aromatic rings. The zero-order valence-electron chi connectivity index (χ0n) is 11.6. The normalized spacial score (nSPS) is 28.5. The molecule has 18 heavy (non-hydrogen) atoms. The molecule has 0 aliphatic heterocycles. The lowest BCUT2D eigenvalue weighted by Crippen LogP contribution is -2.42. The first-order chi connectivity index (χ1) is 8.74. The van der Waals surface area contributed by atoms with E-state index in [4.69, 9.17) is 0 Å². The summed E-state index contributed by atoms with van der Waals surface area (Å²) in [5, 5.41) is 13.5. The Labute approximate surface area is 114 Å². The van der Waals surface area contributed by atoms with Gasteiger partial charge in [0.05, 0.1) is 0 Å². The highest BCUT2D eigenvalue weighted by Gasteiger charge is 2.30. The Morgan fingerprint density at radius 1 is 1.44 bits per heavy atom. The van der Waals surface area contributed by atoms with E-state index >= 15 is 0 Å². The zero-order valence-corrected chi connectivity index (χ0v) is 12.4. The second-order valence-electron chi connectivity index (χ2n) is 5.13. The maximum Gasteiger partial charge on any atom is 0.191 e. The maximum absolute atomic E-state index is 4.20. The van der Waals surface area contributed by atoms with Gasteiger partial charge in [-0.05, 0) is 31.7 Å². The summed E-state index contributed by atoms with van der Waals surface area (Å²) < 4.78 is 2.02. The van der Waals surface area contributed by atoms with Crippen molar-refractivity contribution in [3.8, 4) is 0 Å². The molecular formula is C13H24N4S. The number of nitrogens with zero attached hydrogens (tertiary/aromatic N) is 3. The van der Waals surface area contributed by atoms with Gasteiger partial charge in [0.2, 0.25) is 0 Å².